The van der Waals surface area contributed by atoms with Crippen molar-refractivity contribution in [2.24, 2.45) is 0 Å². The molecule has 0 aliphatic carbocycles. The Morgan fingerprint density at radius 1 is 1.03 bits per heavy atom. The number of ether oxygens (including phenoxy) is 4. The zero-order valence-corrected chi connectivity index (χ0v) is 23.4. The predicted molar refractivity (Wildman–Crippen MR) is 141 cm³/mol. The summed E-state index contributed by atoms with van der Waals surface area (Å²) in [4.78, 5) is 13.0. The Balaban J connectivity index is 1.60. The summed E-state index contributed by atoms with van der Waals surface area (Å²) in [5.41, 5.74) is 0.167. The second kappa shape index (κ2) is 12.7. The summed E-state index contributed by atoms with van der Waals surface area (Å²) >= 11 is 0. The third kappa shape index (κ3) is 7.07. The van der Waals surface area contributed by atoms with Crippen LogP contribution in [0.2, 0.25) is 0 Å². The first-order valence-electron chi connectivity index (χ1n) is 11.8. The molecule has 3 rings (SSSR count). The molecule has 14 heteroatoms. The molecule has 12 nitrogen and oxygen atoms in total. The molecule has 1 N–H and O–H groups in total. The van der Waals surface area contributed by atoms with E-state index in [1.165, 1.54) is 55.8 Å². The third-order valence-corrected chi connectivity index (χ3v) is 8.95. The first-order valence-corrected chi connectivity index (χ1v) is 15.1. The first-order chi connectivity index (χ1) is 18.0. The van der Waals surface area contributed by atoms with E-state index in [-0.39, 0.29) is 29.5 Å². The van der Waals surface area contributed by atoms with Crippen molar-refractivity contribution < 1.29 is 40.6 Å². The lowest BCUT2D eigenvalue weighted by Gasteiger charge is -2.29. The van der Waals surface area contributed by atoms with Crippen LogP contribution in [-0.4, -0.2) is 93.0 Å². The fourth-order valence-electron chi connectivity index (χ4n) is 3.88. The number of hydrogen-bond acceptors (Lipinski definition) is 9. The van der Waals surface area contributed by atoms with Crippen molar-refractivity contribution in [2.45, 2.75) is 17.9 Å². The summed E-state index contributed by atoms with van der Waals surface area (Å²) < 4.78 is 74.4. The summed E-state index contributed by atoms with van der Waals surface area (Å²) in [7, 11) is -4.63. The largest absolute Gasteiger partial charge is 0.497 e. The molecule has 0 spiro atoms. The van der Waals surface area contributed by atoms with E-state index in [0.29, 0.717) is 37.8 Å². The zero-order valence-electron chi connectivity index (χ0n) is 21.7. The van der Waals surface area contributed by atoms with Gasteiger partial charge in [0.2, 0.25) is 26.0 Å². The van der Waals surface area contributed by atoms with E-state index in [0.717, 1.165) is 10.6 Å². The van der Waals surface area contributed by atoms with E-state index in [1.807, 2.05) is 0 Å². The molecule has 2 aromatic carbocycles. The Labute approximate surface area is 223 Å². The van der Waals surface area contributed by atoms with Gasteiger partial charge in [0, 0.05) is 19.2 Å². The van der Waals surface area contributed by atoms with Crippen LogP contribution >= 0.6 is 0 Å². The molecule has 1 atom stereocenters. The number of morpholine rings is 1. The molecular weight excluding hydrogens is 538 g/mol. The summed E-state index contributed by atoms with van der Waals surface area (Å²) in [6.45, 7) is 2.96. The molecule has 1 fully saturated rings. The Morgan fingerprint density at radius 3 is 2.24 bits per heavy atom. The number of benzene rings is 2. The van der Waals surface area contributed by atoms with E-state index in [4.69, 9.17) is 18.9 Å². The Morgan fingerprint density at radius 2 is 1.66 bits per heavy atom. The van der Waals surface area contributed by atoms with Crippen LogP contribution in [0.3, 0.4) is 0 Å². The fourth-order valence-corrected chi connectivity index (χ4v) is 6.46. The summed E-state index contributed by atoms with van der Waals surface area (Å²) in [5.74, 6) is 0.542. The number of nitrogens with zero attached hydrogens (tertiary/aromatic N) is 2. The molecule has 0 aromatic heterocycles. The fraction of sp³-hybridized carbons (Fsp3) is 0.458. The van der Waals surface area contributed by atoms with Gasteiger partial charge in [-0.25, -0.2) is 16.8 Å². The number of nitrogens with one attached hydrogen (secondary N) is 1. The highest BCUT2D eigenvalue weighted by atomic mass is 32.2. The highest BCUT2D eigenvalue weighted by Gasteiger charge is 2.31. The average molecular weight is 572 g/mol. The maximum atomic E-state index is 12.9. The quantitative estimate of drug-likeness (QED) is 0.371. The number of hydrogen-bond donors (Lipinski definition) is 1. The second-order valence-corrected chi connectivity index (χ2v) is 12.2. The van der Waals surface area contributed by atoms with Crippen LogP contribution in [0.1, 0.15) is 6.92 Å². The predicted octanol–water partition coefficient (Wildman–Crippen LogP) is 1.07. The van der Waals surface area contributed by atoms with Gasteiger partial charge in [0.25, 0.3) is 0 Å². The van der Waals surface area contributed by atoms with Gasteiger partial charge < -0.3 is 24.3 Å². The Hall–Kier alpha value is -3.07. The molecule has 0 unspecified atom stereocenters. The van der Waals surface area contributed by atoms with Gasteiger partial charge in [-0.05, 0) is 43.3 Å². The van der Waals surface area contributed by atoms with E-state index in [9.17, 15) is 21.6 Å². The Bertz CT molecular complexity index is 1310. The zero-order chi connectivity index (χ0) is 27.9. The van der Waals surface area contributed by atoms with Gasteiger partial charge in [0.1, 0.15) is 29.9 Å². The number of sulfonamides is 2. The van der Waals surface area contributed by atoms with Crippen molar-refractivity contribution in [3.8, 4) is 17.2 Å². The van der Waals surface area contributed by atoms with Crippen molar-refractivity contribution in [1.82, 2.24) is 9.62 Å². The molecular formula is C24H33N3O9S2. The van der Waals surface area contributed by atoms with Crippen LogP contribution in [-0.2, 0) is 29.6 Å². The van der Waals surface area contributed by atoms with Gasteiger partial charge in [-0.2, -0.15) is 4.31 Å². The molecule has 0 bridgehead atoms. The van der Waals surface area contributed by atoms with Crippen LogP contribution in [0.5, 0.6) is 17.2 Å². The van der Waals surface area contributed by atoms with E-state index < -0.39 is 32.0 Å². The normalized spacial score (nSPS) is 15.4. The summed E-state index contributed by atoms with van der Waals surface area (Å²) in [6, 6.07) is 9.57. The number of methoxy groups -OCH3 is 2. The first kappa shape index (κ1) is 29.5. The minimum atomic E-state index is -3.87. The van der Waals surface area contributed by atoms with Crippen LogP contribution < -0.4 is 23.8 Å². The standard InChI is InChI=1S/C24H33N3O9S2/c1-18(27(37(4,29)30)22-17-20(33-2)7-10-23(22)34-3)24(28)25-11-14-36-19-5-8-21(9-6-19)38(31,32)26-12-15-35-16-13-26/h5-10,17-18H,11-16H2,1-4H3,(H,25,28)/t18-/m1/s1. The number of carbonyl (C=O) groups excluding carboxylic acids is 1. The molecule has 38 heavy (non-hydrogen) atoms. The summed E-state index contributed by atoms with van der Waals surface area (Å²) in [5, 5.41) is 2.66. The number of rotatable bonds is 12. The smallest absolute Gasteiger partial charge is 0.243 e. The van der Waals surface area contributed by atoms with Crippen LogP contribution in [0.15, 0.2) is 47.4 Å². The SMILES string of the molecule is COc1ccc(OC)c(N([C@H](C)C(=O)NCCOc2ccc(S(=O)(=O)N3CCOCC3)cc2)S(C)(=O)=O)c1. The molecule has 1 aliphatic heterocycles. The van der Waals surface area contributed by atoms with Gasteiger partial charge >= 0.3 is 0 Å². The molecule has 1 aliphatic rings. The highest BCUT2D eigenvalue weighted by molar-refractivity contribution is 7.92. The van der Waals surface area contributed by atoms with Crippen LogP contribution in [0.25, 0.3) is 0 Å². The number of anilines is 1. The molecule has 1 saturated heterocycles. The van der Waals surface area contributed by atoms with Crippen molar-refractivity contribution in [3.63, 3.8) is 0 Å². The van der Waals surface area contributed by atoms with E-state index >= 15 is 0 Å². The molecule has 1 amide bonds. The van der Waals surface area contributed by atoms with Crippen molar-refractivity contribution in [2.75, 3.05) is 64.2 Å². The molecule has 210 valence electrons. The van der Waals surface area contributed by atoms with Crippen LogP contribution in [0.4, 0.5) is 5.69 Å². The molecule has 2 aromatic rings. The third-order valence-electron chi connectivity index (χ3n) is 5.81. The van der Waals surface area contributed by atoms with Gasteiger partial charge in [-0.15, -0.1) is 0 Å². The van der Waals surface area contributed by atoms with Crippen molar-refractivity contribution in [1.29, 1.82) is 0 Å². The molecule has 1 heterocycles. The lowest BCUT2D eigenvalue weighted by atomic mass is 10.2. The van der Waals surface area contributed by atoms with Crippen LogP contribution in [0, 0.1) is 0 Å². The van der Waals surface area contributed by atoms with E-state index in [1.54, 1.807) is 12.1 Å². The maximum Gasteiger partial charge on any atom is 0.243 e. The lowest BCUT2D eigenvalue weighted by molar-refractivity contribution is -0.121. The minimum Gasteiger partial charge on any atom is -0.497 e. The number of amides is 1. The van der Waals surface area contributed by atoms with Crippen molar-refractivity contribution in [3.05, 3.63) is 42.5 Å². The molecule has 0 radical (unpaired) electrons. The second-order valence-electron chi connectivity index (χ2n) is 8.40. The van der Waals surface area contributed by atoms with Gasteiger partial charge in [0.15, 0.2) is 0 Å². The maximum absolute atomic E-state index is 12.9. The highest BCUT2D eigenvalue weighted by Crippen LogP contribution is 2.35. The summed E-state index contributed by atoms with van der Waals surface area (Å²) in [6.07, 6.45) is 1.00. The Kier molecular flexibility index (Phi) is 9.82. The van der Waals surface area contributed by atoms with Gasteiger partial charge in [-0.3, -0.25) is 9.10 Å². The monoisotopic (exact) mass is 571 g/mol. The van der Waals surface area contributed by atoms with E-state index in [2.05, 4.69) is 5.32 Å². The average Bonchev–Trinajstić information content (AvgIpc) is 2.91. The van der Waals surface area contributed by atoms with Crippen molar-refractivity contribution >= 4 is 31.6 Å². The lowest BCUT2D eigenvalue weighted by Crippen LogP contribution is -2.48. The molecule has 0 saturated carbocycles. The minimum absolute atomic E-state index is 0.0787. The number of carbonyl (C=O) groups is 1. The van der Waals surface area contributed by atoms with Gasteiger partial charge in [-0.1, -0.05) is 0 Å². The topological polar surface area (TPSA) is 141 Å². The van der Waals surface area contributed by atoms with Gasteiger partial charge in [0.05, 0.1) is 50.8 Å².